The minimum atomic E-state index is -0.240. The van der Waals surface area contributed by atoms with Crippen molar-refractivity contribution in [2.24, 2.45) is 0 Å². The first-order valence-electron chi connectivity index (χ1n) is 6.76. The number of H-pyrrole nitrogens is 1. The van der Waals surface area contributed by atoms with Gasteiger partial charge >= 0.3 is 0 Å². The molecule has 1 aromatic heterocycles. The molecule has 0 aliphatic heterocycles. The third-order valence-corrected chi connectivity index (χ3v) is 3.77. The third-order valence-electron chi connectivity index (χ3n) is 3.77. The van der Waals surface area contributed by atoms with Gasteiger partial charge in [-0.25, -0.2) is 4.39 Å². The molecule has 2 N–H and O–H groups in total. The number of anilines is 1. The van der Waals surface area contributed by atoms with Gasteiger partial charge in [-0.1, -0.05) is 0 Å². The van der Waals surface area contributed by atoms with Gasteiger partial charge in [-0.2, -0.15) is 0 Å². The van der Waals surface area contributed by atoms with Crippen molar-refractivity contribution in [3.05, 3.63) is 47.8 Å². The zero-order chi connectivity index (χ0) is 15.1. The van der Waals surface area contributed by atoms with E-state index in [9.17, 15) is 9.50 Å². The number of fused-ring (bicyclic) bond motifs is 1. The number of nitrogens with one attached hydrogen (secondary N) is 1. The quantitative estimate of drug-likeness (QED) is 0.745. The summed E-state index contributed by atoms with van der Waals surface area (Å²) >= 11 is 0. The summed E-state index contributed by atoms with van der Waals surface area (Å²) in [5.41, 5.74) is 4.56. The lowest BCUT2D eigenvalue weighted by Crippen LogP contribution is -2.08. The predicted octanol–water partition coefficient (Wildman–Crippen LogP) is 4.05. The van der Waals surface area contributed by atoms with Crippen LogP contribution in [0.15, 0.2) is 36.4 Å². The summed E-state index contributed by atoms with van der Waals surface area (Å²) in [6.07, 6.45) is 0. The van der Waals surface area contributed by atoms with Gasteiger partial charge in [0, 0.05) is 36.3 Å². The highest BCUT2D eigenvalue weighted by Gasteiger charge is 2.12. The zero-order valence-electron chi connectivity index (χ0n) is 12.2. The molecule has 0 aliphatic rings. The number of hydrogen-bond acceptors (Lipinski definition) is 2. The number of rotatable bonds is 2. The van der Waals surface area contributed by atoms with Crippen molar-refractivity contribution >= 4 is 16.6 Å². The van der Waals surface area contributed by atoms with E-state index in [-0.39, 0.29) is 11.6 Å². The first-order valence-corrected chi connectivity index (χ1v) is 6.76. The second kappa shape index (κ2) is 4.81. The van der Waals surface area contributed by atoms with Crippen LogP contribution in [0.4, 0.5) is 10.1 Å². The number of aryl methyl sites for hydroxylation is 1. The Labute approximate surface area is 122 Å². The third kappa shape index (κ3) is 2.23. The van der Waals surface area contributed by atoms with E-state index >= 15 is 0 Å². The van der Waals surface area contributed by atoms with Crippen LogP contribution in [0.1, 0.15) is 5.56 Å². The van der Waals surface area contributed by atoms with E-state index in [0.29, 0.717) is 0 Å². The Morgan fingerprint density at radius 1 is 1.10 bits per heavy atom. The highest BCUT2D eigenvalue weighted by molar-refractivity contribution is 5.91. The van der Waals surface area contributed by atoms with Gasteiger partial charge in [-0.15, -0.1) is 0 Å². The number of aromatic hydroxyl groups is 1. The Kier molecular flexibility index (Phi) is 3.09. The van der Waals surface area contributed by atoms with E-state index in [2.05, 4.69) is 4.98 Å². The van der Waals surface area contributed by atoms with Crippen LogP contribution in [0.2, 0.25) is 0 Å². The smallest absolute Gasteiger partial charge is 0.138 e. The summed E-state index contributed by atoms with van der Waals surface area (Å²) in [5.74, 6) is -0.000560. The molecule has 0 spiro atoms. The largest absolute Gasteiger partial charge is 0.506 e. The summed E-state index contributed by atoms with van der Waals surface area (Å²) in [6, 6.07) is 10.2. The molecule has 3 nitrogen and oxygen atoms in total. The SMILES string of the molecule is Cc1c(-c2ccc(O)c(N(C)C)c2)[nH]c2ccc(F)cc12. The summed E-state index contributed by atoms with van der Waals surface area (Å²) in [5, 5.41) is 10.8. The van der Waals surface area contributed by atoms with E-state index < -0.39 is 0 Å². The van der Waals surface area contributed by atoms with Crippen molar-refractivity contribution in [1.82, 2.24) is 4.98 Å². The number of aromatic amines is 1. The Morgan fingerprint density at radius 3 is 2.57 bits per heavy atom. The lowest BCUT2D eigenvalue weighted by atomic mass is 10.1. The number of benzene rings is 2. The number of phenols is 1. The molecule has 3 aromatic rings. The maximum absolute atomic E-state index is 13.4. The van der Waals surface area contributed by atoms with Gasteiger partial charge in [0.05, 0.1) is 5.69 Å². The van der Waals surface area contributed by atoms with Gasteiger partial charge in [0.2, 0.25) is 0 Å². The van der Waals surface area contributed by atoms with Crippen LogP contribution in [0.3, 0.4) is 0 Å². The maximum Gasteiger partial charge on any atom is 0.138 e. The molecule has 2 aromatic carbocycles. The minimum absolute atomic E-state index is 0.239. The molecule has 0 atom stereocenters. The van der Waals surface area contributed by atoms with Gasteiger partial charge in [-0.05, 0) is 48.9 Å². The molecule has 0 aliphatic carbocycles. The molecular formula is C17H17FN2O. The van der Waals surface area contributed by atoms with Crippen molar-refractivity contribution in [2.45, 2.75) is 6.92 Å². The first-order chi connectivity index (χ1) is 9.97. The molecule has 0 fully saturated rings. The molecule has 0 saturated heterocycles. The molecule has 21 heavy (non-hydrogen) atoms. The molecule has 4 heteroatoms. The van der Waals surface area contributed by atoms with Crippen LogP contribution < -0.4 is 4.90 Å². The summed E-state index contributed by atoms with van der Waals surface area (Å²) in [4.78, 5) is 5.18. The summed E-state index contributed by atoms with van der Waals surface area (Å²) in [6.45, 7) is 1.97. The number of hydrogen-bond donors (Lipinski definition) is 2. The van der Waals surface area contributed by atoms with Crippen molar-refractivity contribution in [2.75, 3.05) is 19.0 Å². The maximum atomic E-state index is 13.4. The van der Waals surface area contributed by atoms with Crippen molar-refractivity contribution in [1.29, 1.82) is 0 Å². The molecule has 0 unspecified atom stereocenters. The van der Waals surface area contributed by atoms with E-state index in [1.807, 2.05) is 38.1 Å². The molecule has 1 heterocycles. The molecule has 108 valence electrons. The van der Waals surface area contributed by atoms with Crippen LogP contribution in [-0.4, -0.2) is 24.2 Å². The molecule has 0 saturated carbocycles. The van der Waals surface area contributed by atoms with Crippen molar-refractivity contribution in [3.63, 3.8) is 0 Å². The van der Waals surface area contributed by atoms with E-state index in [4.69, 9.17) is 0 Å². The summed E-state index contributed by atoms with van der Waals surface area (Å²) in [7, 11) is 3.76. The Hall–Kier alpha value is -2.49. The zero-order valence-corrected chi connectivity index (χ0v) is 12.2. The lowest BCUT2D eigenvalue weighted by molar-refractivity contribution is 0.476. The number of nitrogens with zero attached hydrogens (tertiary/aromatic N) is 1. The van der Waals surface area contributed by atoms with Gasteiger partial charge in [0.1, 0.15) is 11.6 Å². The molecule has 0 radical (unpaired) electrons. The van der Waals surface area contributed by atoms with E-state index in [0.717, 1.165) is 33.4 Å². The summed E-state index contributed by atoms with van der Waals surface area (Å²) < 4.78 is 13.4. The molecule has 3 rings (SSSR count). The second-order valence-electron chi connectivity index (χ2n) is 5.41. The van der Waals surface area contributed by atoms with Gasteiger partial charge < -0.3 is 15.0 Å². The van der Waals surface area contributed by atoms with Gasteiger partial charge in [0.25, 0.3) is 0 Å². The molecular weight excluding hydrogens is 267 g/mol. The monoisotopic (exact) mass is 284 g/mol. The Morgan fingerprint density at radius 2 is 1.86 bits per heavy atom. The highest BCUT2D eigenvalue weighted by atomic mass is 19.1. The van der Waals surface area contributed by atoms with Crippen LogP contribution in [0.5, 0.6) is 5.75 Å². The average Bonchev–Trinajstić information content (AvgIpc) is 2.76. The Balaban J connectivity index is 2.21. The highest BCUT2D eigenvalue weighted by Crippen LogP contribution is 2.35. The van der Waals surface area contributed by atoms with E-state index in [1.165, 1.54) is 12.1 Å². The fourth-order valence-electron chi connectivity index (χ4n) is 2.62. The number of aromatic nitrogens is 1. The first kappa shape index (κ1) is 13.5. The number of phenolic OH excluding ortho intramolecular Hbond substituents is 1. The minimum Gasteiger partial charge on any atom is -0.506 e. The van der Waals surface area contributed by atoms with Crippen molar-refractivity contribution in [3.8, 4) is 17.0 Å². The topological polar surface area (TPSA) is 39.3 Å². The Bertz CT molecular complexity index is 821. The standard InChI is InChI=1S/C17H17FN2O/c1-10-13-9-12(18)5-6-14(13)19-17(10)11-4-7-16(21)15(8-11)20(2)3/h4-9,19,21H,1-3H3. The fraction of sp³-hybridized carbons (Fsp3) is 0.176. The second-order valence-corrected chi connectivity index (χ2v) is 5.41. The van der Waals surface area contributed by atoms with Crippen LogP contribution in [0, 0.1) is 12.7 Å². The van der Waals surface area contributed by atoms with Crippen LogP contribution in [-0.2, 0) is 0 Å². The van der Waals surface area contributed by atoms with Crippen LogP contribution >= 0.6 is 0 Å². The van der Waals surface area contributed by atoms with E-state index in [1.54, 1.807) is 12.1 Å². The van der Waals surface area contributed by atoms with Crippen LogP contribution in [0.25, 0.3) is 22.2 Å². The van der Waals surface area contributed by atoms with Gasteiger partial charge in [-0.3, -0.25) is 0 Å². The normalized spacial score (nSPS) is 11.0. The van der Waals surface area contributed by atoms with Gasteiger partial charge in [0.15, 0.2) is 0 Å². The van der Waals surface area contributed by atoms with Crippen molar-refractivity contribution < 1.29 is 9.50 Å². The lowest BCUT2D eigenvalue weighted by Gasteiger charge is -2.15. The average molecular weight is 284 g/mol. The molecule has 0 amide bonds. The molecule has 0 bridgehead atoms. The predicted molar refractivity (Wildman–Crippen MR) is 84.4 cm³/mol. The number of halogens is 1. The fourth-order valence-corrected chi connectivity index (χ4v) is 2.62.